The molecule has 0 aliphatic rings. The molecule has 0 heterocycles. The van der Waals surface area contributed by atoms with Gasteiger partial charge in [0.2, 0.25) is 5.91 Å². The number of nitrogens with one attached hydrogen (secondary N) is 2. The van der Waals surface area contributed by atoms with Crippen LogP contribution in [0.2, 0.25) is 0 Å². The van der Waals surface area contributed by atoms with Gasteiger partial charge in [-0.3, -0.25) is 19.7 Å². The number of anilines is 2. The maximum atomic E-state index is 12.1. The van der Waals surface area contributed by atoms with E-state index in [1.54, 1.807) is 30.3 Å². The second-order valence-corrected chi connectivity index (χ2v) is 5.64. The average molecular weight is 369 g/mol. The summed E-state index contributed by atoms with van der Waals surface area (Å²) in [5.41, 5.74) is 1.58. The molecule has 2 aromatic rings. The highest BCUT2D eigenvalue weighted by Gasteiger charge is 2.12. The Bertz CT molecular complexity index is 879. The van der Waals surface area contributed by atoms with Gasteiger partial charge in [-0.2, -0.15) is 0 Å². The van der Waals surface area contributed by atoms with E-state index >= 15 is 0 Å². The number of nitro benzene ring substituents is 1. The van der Waals surface area contributed by atoms with Crippen LogP contribution in [0.5, 0.6) is 5.75 Å². The molecule has 0 atom stereocenters. The molecule has 0 radical (unpaired) electrons. The van der Waals surface area contributed by atoms with Gasteiger partial charge in [0.05, 0.1) is 4.92 Å². The van der Waals surface area contributed by atoms with Crippen LogP contribution in [0.25, 0.3) is 0 Å². The molecule has 0 spiro atoms. The van der Waals surface area contributed by atoms with Gasteiger partial charge in [-0.25, -0.2) is 0 Å². The highest BCUT2D eigenvalue weighted by Crippen LogP contribution is 2.25. The summed E-state index contributed by atoms with van der Waals surface area (Å²) in [4.78, 5) is 33.6. The molecule has 27 heavy (non-hydrogen) atoms. The minimum atomic E-state index is -0.495. The van der Waals surface area contributed by atoms with Gasteiger partial charge < -0.3 is 15.4 Å². The van der Waals surface area contributed by atoms with E-state index in [-0.39, 0.29) is 18.2 Å². The van der Waals surface area contributed by atoms with Crippen LogP contribution in [0.4, 0.5) is 17.1 Å². The van der Waals surface area contributed by atoms with E-state index in [2.05, 4.69) is 17.2 Å². The lowest BCUT2D eigenvalue weighted by atomic mass is 10.1. The molecule has 0 saturated heterocycles. The standard InChI is InChI=1S/C19H19N3O5/c1-3-5-14-10-17(22(25)26)8-9-18(14)27-12-19(24)21-16-7-4-6-15(11-16)20-13(2)23/h3-4,6-11H,1,5,12H2,2H3,(H,20,23)(H,21,24). The lowest BCUT2D eigenvalue weighted by Gasteiger charge is -2.11. The van der Waals surface area contributed by atoms with Crippen LogP contribution < -0.4 is 15.4 Å². The average Bonchev–Trinajstić information content (AvgIpc) is 2.60. The minimum Gasteiger partial charge on any atom is -0.483 e. The molecule has 8 heteroatoms. The highest BCUT2D eigenvalue weighted by molar-refractivity contribution is 5.94. The molecule has 2 aromatic carbocycles. The molecule has 140 valence electrons. The summed E-state index contributed by atoms with van der Waals surface area (Å²) in [6.45, 7) is 4.74. The van der Waals surface area contributed by atoms with Crippen molar-refractivity contribution in [2.75, 3.05) is 17.2 Å². The number of rotatable bonds is 8. The molecule has 0 aromatic heterocycles. The number of hydrogen-bond donors (Lipinski definition) is 2. The van der Waals surface area contributed by atoms with E-state index in [0.717, 1.165) is 0 Å². The first-order valence-corrected chi connectivity index (χ1v) is 8.07. The summed E-state index contributed by atoms with van der Waals surface area (Å²) in [6.07, 6.45) is 1.97. The molecular weight excluding hydrogens is 350 g/mol. The molecule has 2 rings (SSSR count). The predicted molar refractivity (Wildman–Crippen MR) is 102 cm³/mol. The van der Waals surface area contributed by atoms with Crippen molar-refractivity contribution in [3.05, 3.63) is 70.8 Å². The van der Waals surface area contributed by atoms with Gasteiger partial charge in [-0.1, -0.05) is 12.1 Å². The first-order valence-electron chi connectivity index (χ1n) is 8.07. The third kappa shape index (κ3) is 5.96. The van der Waals surface area contributed by atoms with Crippen molar-refractivity contribution in [3.8, 4) is 5.75 Å². The van der Waals surface area contributed by atoms with Crippen LogP contribution in [-0.2, 0) is 16.0 Å². The Kier molecular flexibility index (Phi) is 6.65. The van der Waals surface area contributed by atoms with Crippen LogP contribution in [0, 0.1) is 10.1 Å². The SMILES string of the molecule is C=CCc1cc([N+](=O)[O-])ccc1OCC(=O)Nc1cccc(NC(C)=O)c1. The molecule has 2 amide bonds. The number of carbonyl (C=O) groups excluding carboxylic acids is 2. The zero-order valence-corrected chi connectivity index (χ0v) is 14.7. The van der Waals surface area contributed by atoms with Crippen LogP contribution in [-0.4, -0.2) is 23.3 Å². The number of carbonyl (C=O) groups is 2. The number of hydrogen-bond acceptors (Lipinski definition) is 5. The second-order valence-electron chi connectivity index (χ2n) is 5.64. The van der Waals surface area contributed by atoms with Gasteiger partial charge in [-0.15, -0.1) is 6.58 Å². The van der Waals surface area contributed by atoms with Crippen LogP contribution in [0.15, 0.2) is 55.1 Å². The van der Waals surface area contributed by atoms with Gasteiger partial charge in [0, 0.05) is 36.0 Å². The third-order valence-electron chi connectivity index (χ3n) is 3.44. The summed E-state index contributed by atoms with van der Waals surface area (Å²) >= 11 is 0. The van der Waals surface area contributed by atoms with Gasteiger partial charge in [0.15, 0.2) is 6.61 Å². The number of benzene rings is 2. The summed E-state index contributed by atoms with van der Waals surface area (Å²) in [6, 6.07) is 10.9. The van der Waals surface area contributed by atoms with Gasteiger partial charge >= 0.3 is 0 Å². The topological polar surface area (TPSA) is 111 Å². The van der Waals surface area contributed by atoms with Gasteiger partial charge in [0.1, 0.15) is 5.75 Å². The number of nitro groups is 1. The van der Waals surface area contributed by atoms with Crippen molar-refractivity contribution in [1.82, 2.24) is 0 Å². The fourth-order valence-electron chi connectivity index (χ4n) is 2.35. The predicted octanol–water partition coefficient (Wildman–Crippen LogP) is 3.30. The maximum absolute atomic E-state index is 12.1. The molecule has 0 aliphatic carbocycles. The summed E-state index contributed by atoms with van der Waals surface area (Å²) in [5, 5.41) is 16.2. The molecular formula is C19H19N3O5. The fraction of sp³-hybridized carbons (Fsp3) is 0.158. The first-order chi connectivity index (χ1) is 12.9. The normalized spacial score (nSPS) is 9.96. The van der Waals surface area contributed by atoms with Crippen molar-refractivity contribution >= 4 is 28.9 Å². The number of non-ortho nitro benzene ring substituents is 1. The zero-order valence-electron chi connectivity index (χ0n) is 14.7. The Hall–Kier alpha value is -3.68. The zero-order chi connectivity index (χ0) is 19.8. The largest absolute Gasteiger partial charge is 0.483 e. The van der Waals surface area contributed by atoms with Crippen molar-refractivity contribution in [3.63, 3.8) is 0 Å². The van der Waals surface area contributed by atoms with E-state index < -0.39 is 10.8 Å². The number of nitrogens with zero attached hydrogens (tertiary/aromatic N) is 1. The molecule has 0 fully saturated rings. The van der Waals surface area contributed by atoms with E-state index in [0.29, 0.717) is 29.1 Å². The van der Waals surface area contributed by atoms with Gasteiger partial charge in [0.25, 0.3) is 11.6 Å². The maximum Gasteiger partial charge on any atom is 0.269 e. The second kappa shape index (κ2) is 9.14. The lowest BCUT2D eigenvalue weighted by molar-refractivity contribution is -0.384. The Morgan fingerprint density at radius 2 is 1.89 bits per heavy atom. The minimum absolute atomic E-state index is 0.0570. The smallest absolute Gasteiger partial charge is 0.269 e. The number of allylic oxidation sites excluding steroid dienone is 1. The molecule has 0 saturated carbocycles. The van der Waals surface area contributed by atoms with E-state index in [9.17, 15) is 19.7 Å². The van der Waals surface area contributed by atoms with E-state index in [1.165, 1.54) is 25.1 Å². The Morgan fingerprint density at radius 1 is 1.19 bits per heavy atom. The van der Waals surface area contributed by atoms with Crippen LogP contribution in [0.1, 0.15) is 12.5 Å². The quantitative estimate of drug-likeness (QED) is 0.421. The molecule has 0 bridgehead atoms. The summed E-state index contributed by atoms with van der Waals surface area (Å²) < 4.78 is 5.50. The van der Waals surface area contributed by atoms with Crippen molar-refractivity contribution < 1.29 is 19.2 Å². The number of amides is 2. The van der Waals surface area contributed by atoms with E-state index in [1.807, 2.05) is 0 Å². The monoisotopic (exact) mass is 369 g/mol. The molecule has 2 N–H and O–H groups in total. The Balaban J connectivity index is 2.02. The van der Waals surface area contributed by atoms with Gasteiger partial charge in [-0.05, 0) is 30.7 Å². The first kappa shape index (κ1) is 19.6. The third-order valence-corrected chi connectivity index (χ3v) is 3.44. The fourth-order valence-corrected chi connectivity index (χ4v) is 2.35. The Morgan fingerprint density at radius 3 is 2.52 bits per heavy atom. The Labute approximate surface area is 156 Å². The summed E-state index contributed by atoms with van der Waals surface area (Å²) in [5.74, 6) is -0.241. The number of ether oxygens (including phenoxy) is 1. The lowest BCUT2D eigenvalue weighted by Crippen LogP contribution is -2.20. The van der Waals surface area contributed by atoms with Crippen molar-refractivity contribution in [1.29, 1.82) is 0 Å². The highest BCUT2D eigenvalue weighted by atomic mass is 16.6. The van der Waals surface area contributed by atoms with Crippen molar-refractivity contribution in [2.45, 2.75) is 13.3 Å². The van der Waals surface area contributed by atoms with E-state index in [4.69, 9.17) is 4.74 Å². The molecule has 0 unspecified atom stereocenters. The summed E-state index contributed by atoms with van der Waals surface area (Å²) in [7, 11) is 0. The molecule has 0 aliphatic heterocycles. The van der Waals surface area contributed by atoms with Crippen molar-refractivity contribution in [2.24, 2.45) is 0 Å². The van der Waals surface area contributed by atoms with Crippen LogP contribution in [0.3, 0.4) is 0 Å². The van der Waals surface area contributed by atoms with Crippen LogP contribution >= 0.6 is 0 Å². The molecule has 8 nitrogen and oxygen atoms in total.